The minimum Gasteiger partial charge on any atom is -0.247 e. The number of sulfonamides is 1. The van der Waals surface area contributed by atoms with Gasteiger partial charge in [-0.05, 0) is 50.1 Å². The predicted molar refractivity (Wildman–Crippen MR) is 124 cm³/mol. The zero-order valence-electron chi connectivity index (χ0n) is 17.6. The number of aryl methyl sites for hydroxylation is 3. The number of aromatic nitrogens is 2. The molecule has 0 saturated carbocycles. The molecule has 4 rings (SSSR count). The third-order valence-corrected chi connectivity index (χ3v) is 6.35. The Morgan fingerprint density at radius 2 is 1.26 bits per heavy atom. The van der Waals surface area contributed by atoms with Crippen molar-refractivity contribution in [3.63, 3.8) is 0 Å². The lowest BCUT2D eigenvalue weighted by atomic mass is 9.96. The monoisotopic (exact) mass is 429 g/mol. The van der Waals surface area contributed by atoms with Crippen molar-refractivity contribution in [2.75, 3.05) is 4.72 Å². The number of anilines is 1. The molecule has 0 aliphatic rings. The van der Waals surface area contributed by atoms with Gasteiger partial charge in [0.1, 0.15) is 0 Å². The summed E-state index contributed by atoms with van der Waals surface area (Å²) in [5, 5.41) is 0. The fourth-order valence-electron chi connectivity index (χ4n) is 3.74. The highest BCUT2D eigenvalue weighted by Gasteiger charge is 2.18. The summed E-state index contributed by atoms with van der Waals surface area (Å²) < 4.78 is 28.3. The zero-order chi connectivity index (χ0) is 22.0. The Kier molecular flexibility index (Phi) is 5.57. The van der Waals surface area contributed by atoms with Gasteiger partial charge in [-0.15, -0.1) is 0 Å². The van der Waals surface area contributed by atoms with Crippen LogP contribution in [0, 0.1) is 20.8 Å². The zero-order valence-corrected chi connectivity index (χ0v) is 18.4. The maximum Gasteiger partial charge on any atom is 0.264 e. The van der Waals surface area contributed by atoms with E-state index in [1.807, 2.05) is 50.2 Å². The van der Waals surface area contributed by atoms with Crippen molar-refractivity contribution >= 4 is 16.0 Å². The van der Waals surface area contributed by atoms with E-state index < -0.39 is 10.0 Å². The van der Waals surface area contributed by atoms with Crippen LogP contribution in [0.5, 0.6) is 0 Å². The summed E-state index contributed by atoms with van der Waals surface area (Å²) in [5.41, 5.74) is 6.50. The first-order valence-corrected chi connectivity index (χ1v) is 11.4. The summed E-state index contributed by atoms with van der Waals surface area (Å²) in [7, 11) is -3.81. The maximum absolute atomic E-state index is 12.9. The van der Waals surface area contributed by atoms with Gasteiger partial charge in [0.05, 0.1) is 16.3 Å². The van der Waals surface area contributed by atoms with Crippen LogP contribution in [0.3, 0.4) is 0 Å². The van der Waals surface area contributed by atoms with Crippen LogP contribution in [-0.2, 0) is 10.0 Å². The molecule has 1 N–H and O–H groups in total. The Bertz CT molecular complexity index is 1310. The van der Waals surface area contributed by atoms with Gasteiger partial charge in [0.15, 0.2) is 0 Å². The molecule has 0 amide bonds. The normalized spacial score (nSPS) is 11.3. The average molecular weight is 430 g/mol. The van der Waals surface area contributed by atoms with E-state index >= 15 is 0 Å². The van der Waals surface area contributed by atoms with Gasteiger partial charge in [0.2, 0.25) is 5.95 Å². The molecule has 0 fully saturated rings. The van der Waals surface area contributed by atoms with Crippen LogP contribution < -0.4 is 4.72 Å². The number of rotatable bonds is 5. The highest BCUT2D eigenvalue weighted by molar-refractivity contribution is 7.92. The molecular weight excluding hydrogens is 406 g/mol. The summed E-state index contributed by atoms with van der Waals surface area (Å²) in [6.07, 6.45) is 0. The summed E-state index contributed by atoms with van der Waals surface area (Å²) in [5.74, 6) is 0.0413. The van der Waals surface area contributed by atoms with Gasteiger partial charge >= 0.3 is 0 Å². The quantitative estimate of drug-likeness (QED) is 0.452. The van der Waals surface area contributed by atoms with E-state index in [2.05, 4.69) is 33.7 Å². The first kappa shape index (κ1) is 20.8. The first-order valence-electron chi connectivity index (χ1n) is 9.94. The van der Waals surface area contributed by atoms with Crippen LogP contribution >= 0.6 is 0 Å². The van der Waals surface area contributed by atoms with Crippen LogP contribution in [0.15, 0.2) is 83.8 Å². The fraction of sp³-hybridized carbons (Fsp3) is 0.120. The van der Waals surface area contributed by atoms with Gasteiger partial charge in [0, 0.05) is 11.1 Å². The predicted octanol–water partition coefficient (Wildman–Crippen LogP) is 5.54. The Labute approximate surface area is 182 Å². The van der Waals surface area contributed by atoms with E-state index in [4.69, 9.17) is 0 Å². The maximum atomic E-state index is 12.9. The molecule has 1 aromatic heterocycles. The Morgan fingerprint density at radius 3 is 1.87 bits per heavy atom. The van der Waals surface area contributed by atoms with Crippen molar-refractivity contribution in [1.29, 1.82) is 0 Å². The minimum atomic E-state index is -3.81. The van der Waals surface area contributed by atoms with Crippen LogP contribution in [0.1, 0.15) is 16.7 Å². The van der Waals surface area contributed by atoms with Crippen molar-refractivity contribution in [2.45, 2.75) is 25.7 Å². The molecule has 5 nitrogen and oxygen atoms in total. The Hall–Kier alpha value is -3.51. The van der Waals surface area contributed by atoms with Crippen molar-refractivity contribution in [3.05, 3.63) is 95.6 Å². The lowest BCUT2D eigenvalue weighted by molar-refractivity contribution is 0.601. The molecule has 156 valence electrons. The van der Waals surface area contributed by atoms with Gasteiger partial charge in [-0.1, -0.05) is 66.2 Å². The molecule has 0 aliphatic carbocycles. The second kappa shape index (κ2) is 8.32. The standard InChI is InChI=1S/C25H23N3O2S/c1-17-14-18(2)24(19(3)15-17)23-16-22(20-10-6-4-7-11-20)26-25(27-23)28-31(29,30)21-12-8-5-9-13-21/h4-16H,1-3H3,(H,26,27,28). The average Bonchev–Trinajstić information content (AvgIpc) is 2.74. The highest BCUT2D eigenvalue weighted by atomic mass is 32.2. The molecule has 0 saturated heterocycles. The van der Waals surface area contributed by atoms with Crippen LogP contribution in [0.4, 0.5) is 5.95 Å². The van der Waals surface area contributed by atoms with Crippen molar-refractivity contribution in [3.8, 4) is 22.5 Å². The van der Waals surface area contributed by atoms with Crippen molar-refractivity contribution in [1.82, 2.24) is 9.97 Å². The Morgan fingerprint density at radius 1 is 0.710 bits per heavy atom. The SMILES string of the molecule is Cc1cc(C)c(-c2cc(-c3ccccc3)nc(NS(=O)(=O)c3ccccc3)n2)c(C)c1. The molecule has 0 aliphatic heterocycles. The second-order valence-electron chi connectivity index (χ2n) is 7.52. The second-order valence-corrected chi connectivity index (χ2v) is 9.20. The third-order valence-electron chi connectivity index (χ3n) is 5.01. The van der Waals surface area contributed by atoms with E-state index in [1.165, 1.54) is 5.56 Å². The lowest BCUT2D eigenvalue weighted by Crippen LogP contribution is -2.15. The van der Waals surface area contributed by atoms with Gasteiger partial charge < -0.3 is 0 Å². The number of hydrogen-bond acceptors (Lipinski definition) is 4. The molecule has 0 spiro atoms. The summed E-state index contributed by atoms with van der Waals surface area (Å²) >= 11 is 0. The van der Waals surface area contributed by atoms with Gasteiger partial charge in [-0.25, -0.2) is 23.1 Å². The molecule has 31 heavy (non-hydrogen) atoms. The minimum absolute atomic E-state index is 0.0413. The smallest absolute Gasteiger partial charge is 0.247 e. The summed E-state index contributed by atoms with van der Waals surface area (Å²) in [6, 6.07) is 24.0. The molecule has 0 radical (unpaired) electrons. The van der Waals surface area contributed by atoms with Gasteiger partial charge in [0.25, 0.3) is 10.0 Å². The van der Waals surface area contributed by atoms with Crippen LogP contribution in [-0.4, -0.2) is 18.4 Å². The van der Waals surface area contributed by atoms with E-state index in [1.54, 1.807) is 30.3 Å². The molecule has 6 heteroatoms. The topological polar surface area (TPSA) is 72.0 Å². The van der Waals surface area contributed by atoms with E-state index in [0.717, 1.165) is 22.3 Å². The summed E-state index contributed by atoms with van der Waals surface area (Å²) in [4.78, 5) is 9.27. The number of benzene rings is 3. The largest absolute Gasteiger partial charge is 0.264 e. The Balaban J connectivity index is 1.87. The van der Waals surface area contributed by atoms with Crippen LogP contribution in [0.2, 0.25) is 0 Å². The number of nitrogens with one attached hydrogen (secondary N) is 1. The molecule has 3 aromatic carbocycles. The van der Waals surface area contributed by atoms with E-state index in [0.29, 0.717) is 11.4 Å². The third kappa shape index (κ3) is 4.49. The van der Waals surface area contributed by atoms with E-state index in [-0.39, 0.29) is 10.8 Å². The van der Waals surface area contributed by atoms with E-state index in [9.17, 15) is 8.42 Å². The van der Waals surface area contributed by atoms with Gasteiger partial charge in [-0.2, -0.15) is 0 Å². The first-order chi connectivity index (χ1) is 14.8. The fourth-order valence-corrected chi connectivity index (χ4v) is 4.71. The summed E-state index contributed by atoms with van der Waals surface area (Å²) in [6.45, 7) is 6.12. The molecule has 1 heterocycles. The molecular formula is C25H23N3O2S. The number of nitrogens with zero attached hydrogens (tertiary/aromatic N) is 2. The van der Waals surface area contributed by atoms with Crippen LogP contribution in [0.25, 0.3) is 22.5 Å². The molecule has 0 atom stereocenters. The van der Waals surface area contributed by atoms with Crippen molar-refractivity contribution in [2.24, 2.45) is 0 Å². The molecule has 0 bridgehead atoms. The van der Waals surface area contributed by atoms with Crippen molar-refractivity contribution < 1.29 is 8.42 Å². The molecule has 0 unspecified atom stereocenters. The number of hydrogen-bond donors (Lipinski definition) is 1. The lowest BCUT2D eigenvalue weighted by Gasteiger charge is -2.14. The molecule has 4 aromatic rings. The van der Waals surface area contributed by atoms with Gasteiger partial charge in [-0.3, -0.25) is 0 Å². The highest BCUT2D eigenvalue weighted by Crippen LogP contribution is 2.31.